The van der Waals surface area contributed by atoms with E-state index in [0.717, 1.165) is 5.56 Å². The molecule has 2 aromatic carbocycles. The second-order valence-electron chi connectivity index (χ2n) is 5.60. The van der Waals surface area contributed by atoms with Crippen LogP contribution < -0.4 is 10.6 Å². The summed E-state index contributed by atoms with van der Waals surface area (Å²) in [5.74, 6) is -0.597. The summed E-state index contributed by atoms with van der Waals surface area (Å²) in [5, 5.41) is 5.30. The standard InChI is InChI=1S/C19H21FN2O2/c1-13-8-9-16(17(20)11-13)14-5-3-6-15(12-14)19(24)22-10-4-7-18(23)21-2/h3,5-6,8-9,11-12H,4,7,10H2,1-2H3,(H,21,23)(H,22,24). The van der Waals surface area contributed by atoms with E-state index in [1.54, 1.807) is 37.4 Å². The molecule has 0 heterocycles. The Morgan fingerprint density at radius 3 is 2.62 bits per heavy atom. The quantitative estimate of drug-likeness (QED) is 0.801. The third-order valence-electron chi connectivity index (χ3n) is 3.71. The van der Waals surface area contributed by atoms with E-state index in [2.05, 4.69) is 10.6 Å². The molecule has 0 saturated heterocycles. The molecule has 0 aliphatic rings. The third-order valence-corrected chi connectivity index (χ3v) is 3.71. The molecular formula is C19H21FN2O2. The minimum Gasteiger partial charge on any atom is -0.359 e. The van der Waals surface area contributed by atoms with E-state index >= 15 is 0 Å². The lowest BCUT2D eigenvalue weighted by atomic mass is 10.0. The van der Waals surface area contributed by atoms with E-state index in [1.165, 1.54) is 6.07 Å². The Bertz CT molecular complexity index is 744. The fourth-order valence-electron chi connectivity index (χ4n) is 2.36. The summed E-state index contributed by atoms with van der Waals surface area (Å²) < 4.78 is 14.1. The predicted octanol–water partition coefficient (Wildman–Crippen LogP) is 3.06. The van der Waals surface area contributed by atoms with Gasteiger partial charge in [-0.25, -0.2) is 4.39 Å². The highest BCUT2D eigenvalue weighted by Gasteiger charge is 2.10. The topological polar surface area (TPSA) is 58.2 Å². The number of benzene rings is 2. The number of nitrogens with one attached hydrogen (secondary N) is 2. The molecule has 2 amide bonds. The molecule has 0 aliphatic heterocycles. The van der Waals surface area contributed by atoms with Crippen LogP contribution in [0, 0.1) is 12.7 Å². The van der Waals surface area contributed by atoms with Gasteiger partial charge in [-0.2, -0.15) is 0 Å². The van der Waals surface area contributed by atoms with Crippen LogP contribution in [0.25, 0.3) is 11.1 Å². The number of halogens is 1. The van der Waals surface area contributed by atoms with Crippen LogP contribution in [0.3, 0.4) is 0 Å². The molecule has 5 heteroatoms. The van der Waals surface area contributed by atoms with E-state index in [-0.39, 0.29) is 17.6 Å². The normalized spacial score (nSPS) is 10.3. The molecule has 0 unspecified atom stereocenters. The van der Waals surface area contributed by atoms with E-state index in [9.17, 15) is 14.0 Å². The Balaban J connectivity index is 2.04. The van der Waals surface area contributed by atoms with E-state index in [1.807, 2.05) is 13.0 Å². The number of hydrogen-bond donors (Lipinski definition) is 2. The summed E-state index contributed by atoms with van der Waals surface area (Å²) in [6.07, 6.45) is 0.934. The van der Waals surface area contributed by atoms with Gasteiger partial charge in [0, 0.05) is 31.1 Å². The van der Waals surface area contributed by atoms with Crippen LogP contribution in [-0.4, -0.2) is 25.4 Å². The maximum Gasteiger partial charge on any atom is 0.251 e. The Kier molecular flexibility index (Phi) is 6.07. The number of hydrogen-bond acceptors (Lipinski definition) is 2. The molecule has 2 aromatic rings. The van der Waals surface area contributed by atoms with Gasteiger partial charge in [0.05, 0.1) is 0 Å². The number of aryl methyl sites for hydroxylation is 1. The Hall–Kier alpha value is -2.69. The largest absolute Gasteiger partial charge is 0.359 e. The first kappa shape index (κ1) is 17.7. The summed E-state index contributed by atoms with van der Waals surface area (Å²) in [7, 11) is 1.58. The summed E-state index contributed by atoms with van der Waals surface area (Å²) in [4.78, 5) is 23.3. The van der Waals surface area contributed by atoms with Crippen molar-refractivity contribution >= 4 is 11.8 Å². The SMILES string of the molecule is CNC(=O)CCCNC(=O)c1cccc(-c2ccc(C)cc2F)c1. The second-order valence-corrected chi connectivity index (χ2v) is 5.60. The van der Waals surface area contributed by atoms with Crippen LogP contribution in [0.5, 0.6) is 0 Å². The zero-order valence-electron chi connectivity index (χ0n) is 13.9. The minimum absolute atomic E-state index is 0.0545. The fraction of sp³-hybridized carbons (Fsp3) is 0.263. The van der Waals surface area contributed by atoms with Gasteiger partial charge in [0.2, 0.25) is 5.91 Å². The highest BCUT2D eigenvalue weighted by Crippen LogP contribution is 2.24. The van der Waals surface area contributed by atoms with Crippen molar-refractivity contribution in [2.45, 2.75) is 19.8 Å². The molecule has 2 rings (SSSR count). The highest BCUT2D eigenvalue weighted by molar-refractivity contribution is 5.95. The molecule has 0 fully saturated rings. The molecule has 0 bridgehead atoms. The van der Waals surface area contributed by atoms with Gasteiger partial charge in [-0.1, -0.05) is 24.3 Å². The van der Waals surface area contributed by atoms with Gasteiger partial charge in [-0.05, 0) is 42.7 Å². The van der Waals surface area contributed by atoms with Gasteiger partial charge in [0.25, 0.3) is 5.91 Å². The number of carbonyl (C=O) groups excluding carboxylic acids is 2. The Morgan fingerprint density at radius 2 is 1.92 bits per heavy atom. The number of amides is 2. The molecule has 2 N–H and O–H groups in total. The summed E-state index contributed by atoms with van der Waals surface area (Å²) in [6.45, 7) is 2.24. The van der Waals surface area contributed by atoms with Crippen LogP contribution >= 0.6 is 0 Å². The first-order valence-corrected chi connectivity index (χ1v) is 7.86. The minimum atomic E-state index is -0.307. The molecule has 4 nitrogen and oxygen atoms in total. The fourth-order valence-corrected chi connectivity index (χ4v) is 2.36. The number of carbonyl (C=O) groups is 2. The maximum absolute atomic E-state index is 14.1. The van der Waals surface area contributed by atoms with Gasteiger partial charge in [-0.3, -0.25) is 9.59 Å². The lowest BCUT2D eigenvalue weighted by molar-refractivity contribution is -0.120. The van der Waals surface area contributed by atoms with Crippen molar-refractivity contribution in [1.82, 2.24) is 10.6 Å². The molecule has 126 valence electrons. The van der Waals surface area contributed by atoms with Crippen molar-refractivity contribution in [1.29, 1.82) is 0 Å². The smallest absolute Gasteiger partial charge is 0.251 e. The average Bonchev–Trinajstić information content (AvgIpc) is 2.58. The molecule has 0 aromatic heterocycles. The van der Waals surface area contributed by atoms with Gasteiger partial charge in [0.15, 0.2) is 0 Å². The monoisotopic (exact) mass is 328 g/mol. The Labute approximate surface area is 141 Å². The molecule has 0 saturated carbocycles. The lowest BCUT2D eigenvalue weighted by Gasteiger charge is -2.08. The highest BCUT2D eigenvalue weighted by atomic mass is 19.1. The molecule has 0 spiro atoms. The molecule has 0 radical (unpaired) electrons. The van der Waals surface area contributed by atoms with Crippen molar-refractivity contribution in [3.63, 3.8) is 0 Å². The first-order chi connectivity index (χ1) is 11.5. The predicted molar refractivity (Wildman–Crippen MR) is 92.2 cm³/mol. The van der Waals surface area contributed by atoms with Gasteiger partial charge in [-0.15, -0.1) is 0 Å². The van der Waals surface area contributed by atoms with Crippen molar-refractivity contribution in [3.8, 4) is 11.1 Å². The van der Waals surface area contributed by atoms with Gasteiger partial charge < -0.3 is 10.6 Å². The van der Waals surface area contributed by atoms with Crippen molar-refractivity contribution in [2.24, 2.45) is 0 Å². The van der Waals surface area contributed by atoms with E-state index in [4.69, 9.17) is 0 Å². The van der Waals surface area contributed by atoms with Crippen LogP contribution in [0.1, 0.15) is 28.8 Å². The van der Waals surface area contributed by atoms with Crippen LogP contribution in [0.2, 0.25) is 0 Å². The Morgan fingerprint density at radius 1 is 1.12 bits per heavy atom. The third kappa shape index (κ3) is 4.65. The molecule has 0 aliphatic carbocycles. The van der Waals surface area contributed by atoms with Crippen molar-refractivity contribution < 1.29 is 14.0 Å². The van der Waals surface area contributed by atoms with E-state index < -0.39 is 0 Å². The molecule has 0 atom stereocenters. The molecular weight excluding hydrogens is 307 g/mol. The zero-order valence-corrected chi connectivity index (χ0v) is 13.9. The lowest BCUT2D eigenvalue weighted by Crippen LogP contribution is -2.26. The van der Waals surface area contributed by atoms with Crippen LogP contribution in [-0.2, 0) is 4.79 Å². The molecule has 24 heavy (non-hydrogen) atoms. The van der Waals surface area contributed by atoms with Gasteiger partial charge >= 0.3 is 0 Å². The van der Waals surface area contributed by atoms with Crippen LogP contribution in [0.4, 0.5) is 4.39 Å². The summed E-state index contributed by atoms with van der Waals surface area (Å²) >= 11 is 0. The maximum atomic E-state index is 14.1. The zero-order chi connectivity index (χ0) is 17.5. The first-order valence-electron chi connectivity index (χ1n) is 7.86. The second kappa shape index (κ2) is 8.24. The average molecular weight is 328 g/mol. The summed E-state index contributed by atoms with van der Waals surface area (Å²) in [5.41, 5.74) is 2.44. The van der Waals surface area contributed by atoms with Crippen LogP contribution in [0.15, 0.2) is 42.5 Å². The van der Waals surface area contributed by atoms with Gasteiger partial charge in [0.1, 0.15) is 5.82 Å². The van der Waals surface area contributed by atoms with Crippen molar-refractivity contribution in [2.75, 3.05) is 13.6 Å². The van der Waals surface area contributed by atoms with Crippen molar-refractivity contribution in [3.05, 3.63) is 59.4 Å². The van der Waals surface area contributed by atoms with E-state index in [0.29, 0.717) is 36.1 Å². The summed E-state index contributed by atoms with van der Waals surface area (Å²) in [6, 6.07) is 11.9. The number of rotatable bonds is 6.